The van der Waals surface area contributed by atoms with Crippen LogP contribution in [-0.4, -0.2) is 24.0 Å². The predicted octanol–water partition coefficient (Wildman–Crippen LogP) is 4.62. The van der Waals surface area contributed by atoms with E-state index in [0.29, 0.717) is 6.54 Å². The summed E-state index contributed by atoms with van der Waals surface area (Å²) in [5.41, 5.74) is 4.61. The lowest BCUT2D eigenvalue weighted by molar-refractivity contribution is 0.645. The van der Waals surface area contributed by atoms with Gasteiger partial charge in [-0.2, -0.15) is 0 Å². The fourth-order valence-electron chi connectivity index (χ4n) is 2.76. The van der Waals surface area contributed by atoms with E-state index in [-0.39, 0.29) is 29.4 Å². The molecule has 0 bridgehead atoms. The van der Waals surface area contributed by atoms with Gasteiger partial charge in [-0.3, -0.25) is 0 Å². The van der Waals surface area contributed by atoms with Crippen molar-refractivity contribution in [2.75, 3.05) is 13.1 Å². The topological polar surface area (TPSA) is 49.3 Å². The first-order valence-corrected chi connectivity index (χ1v) is 9.97. The molecule has 0 spiro atoms. The second-order valence-electron chi connectivity index (χ2n) is 6.20. The smallest absolute Gasteiger partial charge is 0.191 e. The van der Waals surface area contributed by atoms with E-state index >= 15 is 0 Å². The first-order valence-electron chi connectivity index (χ1n) is 8.30. The van der Waals surface area contributed by atoms with E-state index in [1.54, 1.807) is 11.3 Å². The second-order valence-corrected chi connectivity index (χ2v) is 8.06. The van der Waals surface area contributed by atoms with Gasteiger partial charge in [0.05, 0.1) is 17.7 Å². The molecule has 0 radical (unpaired) electrons. The molecule has 2 aromatic rings. The van der Waals surface area contributed by atoms with Crippen LogP contribution in [0, 0.1) is 6.92 Å². The van der Waals surface area contributed by atoms with E-state index in [0.717, 1.165) is 29.2 Å². The first kappa shape index (κ1) is 20.6. The molecule has 1 aliphatic rings. The van der Waals surface area contributed by atoms with Crippen molar-refractivity contribution in [1.29, 1.82) is 0 Å². The maximum absolute atomic E-state index is 4.71. The van der Waals surface area contributed by atoms with Crippen LogP contribution in [0.4, 0.5) is 0 Å². The molecule has 1 aliphatic carbocycles. The Morgan fingerprint density at radius 3 is 2.76 bits per heavy atom. The summed E-state index contributed by atoms with van der Waals surface area (Å²) >= 11 is 5.24. The van der Waals surface area contributed by atoms with Crippen LogP contribution >= 0.6 is 51.2 Å². The Labute approximate surface area is 179 Å². The largest absolute Gasteiger partial charge is 0.357 e. The van der Waals surface area contributed by atoms with Crippen LogP contribution in [0.1, 0.15) is 35.9 Å². The summed E-state index contributed by atoms with van der Waals surface area (Å²) in [4.78, 5) is 10.2. The molecule has 0 amide bonds. The van der Waals surface area contributed by atoms with Gasteiger partial charge in [0.15, 0.2) is 5.96 Å². The third-order valence-corrected chi connectivity index (χ3v) is 5.87. The molecule has 1 heterocycles. The summed E-state index contributed by atoms with van der Waals surface area (Å²) in [6.45, 7) is 6.58. The fraction of sp³-hybridized carbons (Fsp3) is 0.444. The van der Waals surface area contributed by atoms with E-state index < -0.39 is 0 Å². The summed E-state index contributed by atoms with van der Waals surface area (Å²) in [5.74, 6) is 0.881. The number of aryl methyl sites for hydroxylation is 1. The van der Waals surface area contributed by atoms with Gasteiger partial charge in [0, 0.05) is 27.9 Å². The van der Waals surface area contributed by atoms with Gasteiger partial charge < -0.3 is 10.6 Å². The van der Waals surface area contributed by atoms with Crippen LogP contribution < -0.4 is 10.6 Å². The summed E-state index contributed by atoms with van der Waals surface area (Å²) in [7, 11) is 0. The summed E-state index contributed by atoms with van der Waals surface area (Å²) < 4.78 is 1.15. The van der Waals surface area contributed by atoms with Crippen molar-refractivity contribution in [3.05, 3.63) is 50.4 Å². The Morgan fingerprint density at radius 1 is 1.36 bits per heavy atom. The highest BCUT2D eigenvalue weighted by atomic mass is 127. The molecule has 0 aliphatic heterocycles. The molecular formula is C18H24BrIN4S. The van der Waals surface area contributed by atoms with Crippen LogP contribution in [0.3, 0.4) is 0 Å². The molecule has 1 aromatic heterocycles. The monoisotopic (exact) mass is 534 g/mol. The SMILES string of the molecule is CCNC(=NCc1scnc1C)NCC1(c2cccc(Br)c2)CC1.I. The molecule has 136 valence electrons. The Bertz CT molecular complexity index is 727. The number of hydrogen-bond donors (Lipinski definition) is 2. The Hall–Kier alpha value is -0.670. The Morgan fingerprint density at radius 2 is 2.16 bits per heavy atom. The number of guanidine groups is 1. The highest BCUT2D eigenvalue weighted by Gasteiger charge is 2.44. The third-order valence-electron chi connectivity index (χ3n) is 4.45. The van der Waals surface area contributed by atoms with Crippen molar-refractivity contribution in [2.45, 2.75) is 38.6 Å². The van der Waals surface area contributed by atoms with Crippen molar-refractivity contribution >= 4 is 57.2 Å². The second kappa shape index (κ2) is 9.32. The van der Waals surface area contributed by atoms with Crippen LogP contribution in [0.2, 0.25) is 0 Å². The zero-order valence-electron chi connectivity index (χ0n) is 14.5. The van der Waals surface area contributed by atoms with Gasteiger partial charge in [0.2, 0.25) is 0 Å². The van der Waals surface area contributed by atoms with Gasteiger partial charge in [-0.15, -0.1) is 35.3 Å². The molecule has 1 aromatic carbocycles. The zero-order chi connectivity index (χ0) is 17.0. The number of halogens is 2. The number of hydrogen-bond acceptors (Lipinski definition) is 3. The number of nitrogens with one attached hydrogen (secondary N) is 2. The van der Waals surface area contributed by atoms with Crippen molar-refractivity contribution in [3.8, 4) is 0 Å². The number of aromatic nitrogens is 1. The molecule has 7 heteroatoms. The number of nitrogens with zero attached hydrogens (tertiary/aromatic N) is 2. The standard InChI is InChI=1S/C18H23BrN4S.HI/c1-3-20-17(21-10-16-13(2)23-12-24-16)22-11-18(7-8-18)14-5-4-6-15(19)9-14;/h4-6,9,12H,3,7-8,10-11H2,1-2H3,(H2,20,21,22);1H. The van der Waals surface area contributed by atoms with Crippen molar-refractivity contribution in [3.63, 3.8) is 0 Å². The molecule has 3 rings (SSSR count). The maximum Gasteiger partial charge on any atom is 0.191 e. The summed E-state index contributed by atoms with van der Waals surface area (Å²) in [6.07, 6.45) is 2.45. The molecule has 0 atom stereocenters. The van der Waals surface area contributed by atoms with Gasteiger partial charge in [-0.25, -0.2) is 9.98 Å². The third kappa shape index (κ3) is 5.40. The lowest BCUT2D eigenvalue weighted by Gasteiger charge is -2.19. The van der Waals surface area contributed by atoms with Gasteiger partial charge in [-0.05, 0) is 44.4 Å². The quantitative estimate of drug-likeness (QED) is 0.323. The average Bonchev–Trinajstić information content (AvgIpc) is 3.26. The minimum atomic E-state index is 0. The molecule has 1 fully saturated rings. The van der Waals surface area contributed by atoms with Gasteiger partial charge >= 0.3 is 0 Å². The minimum absolute atomic E-state index is 0. The highest BCUT2D eigenvalue weighted by molar-refractivity contribution is 14.0. The Balaban J connectivity index is 0.00000225. The summed E-state index contributed by atoms with van der Waals surface area (Å²) in [5, 5.41) is 6.87. The first-order chi connectivity index (χ1) is 11.6. The highest BCUT2D eigenvalue weighted by Crippen LogP contribution is 2.48. The maximum atomic E-state index is 4.71. The number of rotatable bonds is 6. The van der Waals surface area contributed by atoms with Crippen LogP contribution in [-0.2, 0) is 12.0 Å². The summed E-state index contributed by atoms with van der Waals surface area (Å²) in [6, 6.07) is 8.66. The molecule has 0 unspecified atom stereocenters. The van der Waals surface area contributed by atoms with E-state index in [2.05, 4.69) is 62.7 Å². The molecule has 0 saturated heterocycles. The average molecular weight is 535 g/mol. The number of thiazole rings is 1. The van der Waals surface area contributed by atoms with Crippen LogP contribution in [0.25, 0.3) is 0 Å². The number of aliphatic imine (C=N–C) groups is 1. The molecular weight excluding hydrogens is 511 g/mol. The van der Waals surface area contributed by atoms with Crippen molar-refractivity contribution in [2.24, 2.45) is 4.99 Å². The van der Waals surface area contributed by atoms with E-state index in [1.165, 1.54) is 23.3 Å². The minimum Gasteiger partial charge on any atom is -0.357 e. The van der Waals surface area contributed by atoms with Gasteiger partial charge in [-0.1, -0.05) is 28.1 Å². The van der Waals surface area contributed by atoms with E-state index in [4.69, 9.17) is 4.99 Å². The van der Waals surface area contributed by atoms with E-state index in [1.807, 2.05) is 12.4 Å². The van der Waals surface area contributed by atoms with Crippen LogP contribution in [0.15, 0.2) is 39.2 Å². The zero-order valence-corrected chi connectivity index (χ0v) is 19.2. The molecule has 25 heavy (non-hydrogen) atoms. The normalized spacial score (nSPS) is 15.4. The Kier molecular flexibility index (Phi) is 7.69. The number of benzene rings is 1. The molecule has 2 N–H and O–H groups in total. The van der Waals surface area contributed by atoms with E-state index in [9.17, 15) is 0 Å². The van der Waals surface area contributed by atoms with Crippen molar-refractivity contribution in [1.82, 2.24) is 15.6 Å². The predicted molar refractivity (Wildman–Crippen MR) is 120 cm³/mol. The van der Waals surface area contributed by atoms with Gasteiger partial charge in [0.1, 0.15) is 0 Å². The van der Waals surface area contributed by atoms with Crippen molar-refractivity contribution < 1.29 is 0 Å². The fourth-order valence-corrected chi connectivity index (χ4v) is 3.86. The lowest BCUT2D eigenvalue weighted by Crippen LogP contribution is -2.41. The van der Waals surface area contributed by atoms with Gasteiger partial charge in [0.25, 0.3) is 0 Å². The van der Waals surface area contributed by atoms with Crippen LogP contribution in [0.5, 0.6) is 0 Å². The molecule has 4 nitrogen and oxygen atoms in total. The molecule has 1 saturated carbocycles. The lowest BCUT2D eigenvalue weighted by atomic mass is 9.96.